The smallest absolute Gasteiger partial charge is 0.310 e. The van der Waals surface area contributed by atoms with E-state index in [0.29, 0.717) is 5.92 Å². The van der Waals surface area contributed by atoms with Gasteiger partial charge in [-0.25, -0.2) is 0 Å². The van der Waals surface area contributed by atoms with E-state index in [1.165, 1.54) is 0 Å². The minimum absolute atomic E-state index is 0.0356. The van der Waals surface area contributed by atoms with Crippen LogP contribution in [-0.2, 0) is 14.3 Å². The normalized spacial score (nSPS) is 35.9. The lowest BCUT2D eigenvalue weighted by molar-refractivity contribution is -0.145. The number of esters is 1. The number of anilines is 1. The van der Waals surface area contributed by atoms with E-state index in [9.17, 15) is 9.59 Å². The second kappa shape index (κ2) is 4.57. The van der Waals surface area contributed by atoms with Gasteiger partial charge >= 0.3 is 5.97 Å². The van der Waals surface area contributed by atoms with Crippen molar-refractivity contribution in [2.75, 3.05) is 5.32 Å². The largest absolute Gasteiger partial charge is 0.462 e. The predicted octanol–water partition coefficient (Wildman–Crippen LogP) is 2.89. The molecule has 1 aromatic rings. The molecule has 3 fully saturated rings. The maximum atomic E-state index is 12.6. The van der Waals surface area contributed by atoms with Crippen molar-refractivity contribution in [2.24, 2.45) is 23.7 Å². The van der Waals surface area contributed by atoms with Gasteiger partial charge in [0.25, 0.3) is 0 Å². The van der Waals surface area contributed by atoms with Gasteiger partial charge in [-0.1, -0.05) is 15.9 Å². The van der Waals surface area contributed by atoms with Crippen LogP contribution in [0.1, 0.15) is 18.4 Å². The molecule has 1 N–H and O–H groups in total. The van der Waals surface area contributed by atoms with Crippen LogP contribution in [0.4, 0.5) is 5.69 Å². The second-order valence-corrected chi connectivity index (χ2v) is 7.23. The Balaban J connectivity index is 1.55. The van der Waals surface area contributed by atoms with Gasteiger partial charge in [-0.3, -0.25) is 9.59 Å². The number of benzene rings is 1. The number of amides is 1. The van der Waals surface area contributed by atoms with Crippen LogP contribution in [0.3, 0.4) is 0 Å². The van der Waals surface area contributed by atoms with Crippen LogP contribution in [0.15, 0.2) is 22.7 Å². The molecule has 0 radical (unpaired) electrons. The number of fused-ring (bicyclic) bond motifs is 1. The third-order valence-corrected chi connectivity index (χ3v) is 6.10. The Kier molecular flexibility index (Phi) is 2.89. The number of carbonyl (C=O) groups excluding carboxylic acids is 2. The number of ether oxygens (including phenoxy) is 1. The third kappa shape index (κ3) is 1.94. The maximum absolute atomic E-state index is 12.6. The summed E-state index contributed by atoms with van der Waals surface area (Å²) >= 11 is 3.45. The number of nitrogens with one attached hydrogen (secondary N) is 1. The van der Waals surface area contributed by atoms with Crippen molar-refractivity contribution in [3.63, 3.8) is 0 Å². The molecule has 3 aliphatic rings. The molecule has 5 atom stereocenters. The predicted molar refractivity (Wildman–Crippen MR) is 80.6 cm³/mol. The minimum Gasteiger partial charge on any atom is -0.462 e. The average Bonchev–Trinajstić information content (AvgIpc) is 3.04. The van der Waals surface area contributed by atoms with Crippen LogP contribution in [-0.4, -0.2) is 18.0 Å². The Bertz CT molecular complexity index is 642. The first-order chi connectivity index (χ1) is 10.0. The quantitative estimate of drug-likeness (QED) is 0.835. The maximum Gasteiger partial charge on any atom is 0.310 e. The number of hydrogen-bond donors (Lipinski definition) is 1. The standard InChI is InChI=1S/C16H16BrNO3/c1-7-4-9(2-3-11(7)17)18-15(19)13-8-5-10-12(6-8)21-16(20)14(10)13/h2-4,8,10,12-14H,5-6H2,1H3,(H,18,19). The lowest BCUT2D eigenvalue weighted by Gasteiger charge is -2.23. The van der Waals surface area contributed by atoms with Gasteiger partial charge in [0.1, 0.15) is 6.10 Å². The first-order valence-corrected chi connectivity index (χ1v) is 8.11. The summed E-state index contributed by atoms with van der Waals surface area (Å²) in [5.41, 5.74) is 1.85. The molecular weight excluding hydrogens is 334 g/mol. The third-order valence-electron chi connectivity index (χ3n) is 5.21. The highest BCUT2D eigenvalue weighted by Crippen LogP contribution is 2.57. The summed E-state index contributed by atoms with van der Waals surface area (Å²) in [6.07, 6.45) is 1.88. The minimum atomic E-state index is -0.217. The Morgan fingerprint density at radius 2 is 2.19 bits per heavy atom. The molecule has 1 amide bonds. The number of hydrogen-bond acceptors (Lipinski definition) is 3. The highest BCUT2D eigenvalue weighted by atomic mass is 79.9. The summed E-state index contributed by atoms with van der Waals surface area (Å²) in [6.45, 7) is 1.98. The topological polar surface area (TPSA) is 55.4 Å². The van der Waals surface area contributed by atoms with E-state index in [1.807, 2.05) is 25.1 Å². The zero-order valence-electron chi connectivity index (χ0n) is 11.6. The zero-order valence-corrected chi connectivity index (χ0v) is 13.2. The first-order valence-electron chi connectivity index (χ1n) is 7.32. The van der Waals surface area contributed by atoms with Gasteiger partial charge < -0.3 is 10.1 Å². The number of aryl methyl sites for hydroxylation is 1. The lowest BCUT2D eigenvalue weighted by atomic mass is 9.79. The van der Waals surface area contributed by atoms with Crippen molar-refractivity contribution in [2.45, 2.75) is 25.9 Å². The van der Waals surface area contributed by atoms with E-state index in [0.717, 1.165) is 28.6 Å². The van der Waals surface area contributed by atoms with Gasteiger partial charge in [-0.15, -0.1) is 0 Å². The van der Waals surface area contributed by atoms with Gasteiger partial charge in [0, 0.05) is 16.1 Å². The van der Waals surface area contributed by atoms with Gasteiger partial charge in [0.15, 0.2) is 0 Å². The summed E-state index contributed by atoms with van der Waals surface area (Å²) in [7, 11) is 0. The van der Waals surface area contributed by atoms with Crippen LogP contribution >= 0.6 is 15.9 Å². The molecule has 5 heteroatoms. The SMILES string of the molecule is Cc1cc(NC(=O)C2C3CC4OC(=O)C2C4C3)ccc1Br. The van der Waals surface area contributed by atoms with Crippen molar-refractivity contribution >= 4 is 33.5 Å². The molecule has 2 aliphatic carbocycles. The Morgan fingerprint density at radius 1 is 1.38 bits per heavy atom. The number of rotatable bonds is 2. The van der Waals surface area contributed by atoms with E-state index in [4.69, 9.17) is 4.74 Å². The molecule has 1 aromatic carbocycles. The van der Waals surface area contributed by atoms with E-state index in [1.54, 1.807) is 0 Å². The van der Waals surface area contributed by atoms with Gasteiger partial charge in [-0.05, 0) is 49.4 Å². The molecule has 1 heterocycles. The first kappa shape index (κ1) is 13.3. The lowest BCUT2D eigenvalue weighted by Crippen LogP contribution is -2.35. The zero-order chi connectivity index (χ0) is 14.7. The van der Waals surface area contributed by atoms with Gasteiger partial charge in [0.05, 0.1) is 11.8 Å². The molecule has 5 unspecified atom stereocenters. The summed E-state index contributed by atoms with van der Waals surface area (Å²) in [4.78, 5) is 24.6. The van der Waals surface area contributed by atoms with E-state index in [2.05, 4.69) is 21.2 Å². The Labute approximate surface area is 131 Å². The molecule has 1 saturated heterocycles. The Morgan fingerprint density at radius 3 is 2.95 bits per heavy atom. The number of halogens is 1. The van der Waals surface area contributed by atoms with Crippen molar-refractivity contribution in [3.05, 3.63) is 28.2 Å². The second-order valence-electron chi connectivity index (χ2n) is 6.38. The molecule has 110 valence electrons. The van der Waals surface area contributed by atoms with E-state index >= 15 is 0 Å². The molecule has 2 saturated carbocycles. The van der Waals surface area contributed by atoms with Gasteiger partial charge in [0.2, 0.25) is 5.91 Å². The van der Waals surface area contributed by atoms with Gasteiger partial charge in [-0.2, -0.15) is 0 Å². The fourth-order valence-corrected chi connectivity index (χ4v) is 4.56. The van der Waals surface area contributed by atoms with Crippen LogP contribution in [0, 0.1) is 30.6 Å². The fraction of sp³-hybridized carbons (Fsp3) is 0.500. The van der Waals surface area contributed by atoms with Crippen molar-refractivity contribution in [3.8, 4) is 0 Å². The average molecular weight is 350 g/mol. The van der Waals surface area contributed by atoms with Crippen molar-refractivity contribution in [1.82, 2.24) is 0 Å². The monoisotopic (exact) mass is 349 g/mol. The Hall–Kier alpha value is -1.36. The summed E-state index contributed by atoms with van der Waals surface area (Å²) < 4.78 is 6.40. The summed E-state index contributed by atoms with van der Waals surface area (Å²) in [5.74, 6) is -0.0722. The fourth-order valence-electron chi connectivity index (χ4n) is 4.31. The molecule has 1 aliphatic heterocycles. The van der Waals surface area contributed by atoms with Crippen LogP contribution in [0.5, 0.6) is 0 Å². The molecule has 4 rings (SSSR count). The molecule has 2 bridgehead atoms. The summed E-state index contributed by atoms with van der Waals surface area (Å²) in [5, 5.41) is 2.97. The number of carbonyl (C=O) groups is 2. The van der Waals surface area contributed by atoms with E-state index in [-0.39, 0.29) is 35.7 Å². The summed E-state index contributed by atoms with van der Waals surface area (Å²) in [6, 6.07) is 5.73. The van der Waals surface area contributed by atoms with Crippen LogP contribution in [0.2, 0.25) is 0 Å². The molecule has 0 aromatic heterocycles. The molecule has 4 nitrogen and oxygen atoms in total. The molecule has 0 spiro atoms. The van der Waals surface area contributed by atoms with Crippen LogP contribution < -0.4 is 5.32 Å². The van der Waals surface area contributed by atoms with Crippen molar-refractivity contribution < 1.29 is 14.3 Å². The van der Waals surface area contributed by atoms with Crippen LogP contribution in [0.25, 0.3) is 0 Å². The van der Waals surface area contributed by atoms with E-state index < -0.39 is 0 Å². The van der Waals surface area contributed by atoms with Crippen molar-refractivity contribution in [1.29, 1.82) is 0 Å². The highest BCUT2D eigenvalue weighted by Gasteiger charge is 2.63. The molecular formula is C16H16BrNO3. The highest BCUT2D eigenvalue weighted by molar-refractivity contribution is 9.10. The molecule has 21 heavy (non-hydrogen) atoms.